The molecule has 1 aliphatic carbocycles. The third-order valence-corrected chi connectivity index (χ3v) is 5.16. The van der Waals surface area contributed by atoms with Crippen molar-refractivity contribution in [3.05, 3.63) is 80.3 Å². The molecule has 4 rings (SSSR count). The van der Waals surface area contributed by atoms with E-state index in [-0.39, 0.29) is 23.8 Å². The Kier molecular flexibility index (Phi) is 5.75. The van der Waals surface area contributed by atoms with Gasteiger partial charge in [-0.05, 0) is 42.7 Å². The number of nitrogens with one attached hydrogen (secondary N) is 1. The number of aromatic nitrogens is 3. The van der Waals surface area contributed by atoms with Crippen LogP contribution < -0.4 is 11.0 Å². The number of hydrogen-bond donors (Lipinski definition) is 1. The molecule has 1 fully saturated rings. The van der Waals surface area contributed by atoms with E-state index in [2.05, 4.69) is 10.4 Å². The van der Waals surface area contributed by atoms with Crippen molar-refractivity contribution in [2.75, 3.05) is 0 Å². The first kappa shape index (κ1) is 22.2. The summed E-state index contributed by atoms with van der Waals surface area (Å²) in [6.07, 6.45) is -2.95. The molecule has 1 aromatic heterocycles. The zero-order chi connectivity index (χ0) is 23.8. The van der Waals surface area contributed by atoms with Crippen LogP contribution in [0.15, 0.2) is 53.3 Å². The third kappa shape index (κ3) is 4.94. The number of hydrogen-bond acceptors (Lipinski definition) is 5. The number of nitro groups is 1. The molecule has 12 heteroatoms. The van der Waals surface area contributed by atoms with Crippen molar-refractivity contribution in [3.8, 4) is 11.4 Å². The minimum absolute atomic E-state index is 0.0652. The lowest BCUT2D eigenvalue weighted by Gasteiger charge is -2.09. The Morgan fingerprint density at radius 3 is 2.48 bits per heavy atom. The molecule has 1 N–H and O–H groups in total. The van der Waals surface area contributed by atoms with E-state index in [9.17, 15) is 32.9 Å². The summed E-state index contributed by atoms with van der Waals surface area (Å²) in [6.45, 7) is -0.562. The van der Waals surface area contributed by atoms with Gasteiger partial charge in [-0.2, -0.15) is 13.2 Å². The molecule has 1 heterocycles. The summed E-state index contributed by atoms with van der Waals surface area (Å²) in [5.74, 6) is -0.298. The summed E-state index contributed by atoms with van der Waals surface area (Å²) in [4.78, 5) is 35.5. The van der Waals surface area contributed by atoms with Crippen molar-refractivity contribution in [1.29, 1.82) is 0 Å². The van der Waals surface area contributed by atoms with Gasteiger partial charge in [-0.1, -0.05) is 12.1 Å². The van der Waals surface area contributed by atoms with Crippen LogP contribution >= 0.6 is 0 Å². The van der Waals surface area contributed by atoms with Crippen molar-refractivity contribution in [2.24, 2.45) is 0 Å². The molecule has 33 heavy (non-hydrogen) atoms. The van der Waals surface area contributed by atoms with Gasteiger partial charge in [0, 0.05) is 30.3 Å². The van der Waals surface area contributed by atoms with E-state index in [1.54, 1.807) is 0 Å². The Hall–Kier alpha value is -3.96. The first-order chi connectivity index (χ1) is 15.6. The molecule has 0 saturated heterocycles. The monoisotopic (exact) mass is 461 g/mol. The predicted octanol–water partition coefficient (Wildman–Crippen LogP) is 3.29. The number of nitrogens with zero attached hydrogens (tertiary/aromatic N) is 4. The van der Waals surface area contributed by atoms with E-state index in [4.69, 9.17) is 0 Å². The van der Waals surface area contributed by atoms with Gasteiger partial charge in [0.25, 0.3) is 5.69 Å². The molecule has 0 radical (unpaired) electrons. The summed E-state index contributed by atoms with van der Waals surface area (Å²) in [5.41, 5.74) is -0.665. The lowest BCUT2D eigenvalue weighted by atomic mass is 10.1. The van der Waals surface area contributed by atoms with Crippen LogP contribution in [0.4, 0.5) is 18.9 Å². The summed E-state index contributed by atoms with van der Waals surface area (Å²) in [5, 5.41) is 17.6. The highest BCUT2D eigenvalue weighted by Crippen LogP contribution is 2.36. The van der Waals surface area contributed by atoms with Gasteiger partial charge in [0.1, 0.15) is 6.54 Å². The number of non-ortho nitro benzene ring substituents is 1. The lowest BCUT2D eigenvalue weighted by Crippen LogP contribution is -2.33. The highest BCUT2D eigenvalue weighted by Gasteiger charge is 2.31. The molecule has 3 aromatic rings. The van der Waals surface area contributed by atoms with Crippen molar-refractivity contribution >= 4 is 11.6 Å². The van der Waals surface area contributed by atoms with Gasteiger partial charge in [-0.3, -0.25) is 19.5 Å². The fourth-order valence-electron chi connectivity index (χ4n) is 3.36. The summed E-state index contributed by atoms with van der Waals surface area (Å²) < 4.78 is 41.0. The second-order valence-electron chi connectivity index (χ2n) is 7.64. The van der Waals surface area contributed by atoms with Crippen molar-refractivity contribution in [3.63, 3.8) is 0 Å². The number of benzene rings is 2. The minimum Gasteiger partial charge on any atom is -0.350 e. The van der Waals surface area contributed by atoms with Gasteiger partial charge < -0.3 is 5.32 Å². The lowest BCUT2D eigenvalue weighted by molar-refractivity contribution is -0.384. The number of rotatable bonds is 7. The number of amides is 1. The Morgan fingerprint density at radius 2 is 1.88 bits per heavy atom. The molecule has 172 valence electrons. The Morgan fingerprint density at radius 1 is 1.18 bits per heavy atom. The molecule has 9 nitrogen and oxygen atoms in total. The number of carbonyl (C=O) groups is 1. The molecule has 0 aliphatic heterocycles. The SMILES string of the molecule is O=C(Cn1nc(-c2ccc([N+](=O)[O-])cc2)n(C2CC2)c1=O)NCc1cccc(C(F)(F)F)c1. The van der Waals surface area contributed by atoms with Crippen LogP contribution in [0, 0.1) is 10.1 Å². The standard InChI is InChI=1S/C21H18F3N5O4/c22-21(23,24)15-3-1-2-13(10-15)11-25-18(30)12-27-20(31)28(16-8-9-16)19(26-27)14-4-6-17(7-5-14)29(32)33/h1-7,10,16H,8-9,11-12H2,(H,25,30). The summed E-state index contributed by atoms with van der Waals surface area (Å²) in [6, 6.07) is 10.1. The minimum atomic E-state index is -4.49. The molecule has 2 aromatic carbocycles. The average molecular weight is 461 g/mol. The van der Waals surface area contributed by atoms with E-state index in [1.807, 2.05) is 0 Å². The van der Waals surface area contributed by atoms with E-state index < -0.39 is 34.8 Å². The molecule has 0 bridgehead atoms. The Bertz CT molecular complexity index is 1260. The highest BCUT2D eigenvalue weighted by molar-refractivity contribution is 5.75. The maximum atomic E-state index is 12.8. The molecule has 1 aliphatic rings. The first-order valence-electron chi connectivity index (χ1n) is 10.0. The van der Waals surface area contributed by atoms with Gasteiger partial charge in [0.15, 0.2) is 5.82 Å². The first-order valence-corrected chi connectivity index (χ1v) is 10.0. The van der Waals surface area contributed by atoms with Crippen LogP contribution in [-0.4, -0.2) is 25.2 Å². The van der Waals surface area contributed by atoms with E-state index >= 15 is 0 Å². The van der Waals surface area contributed by atoms with Crippen LogP contribution in [-0.2, 0) is 24.1 Å². The summed E-state index contributed by atoms with van der Waals surface area (Å²) >= 11 is 0. The molecule has 0 atom stereocenters. The van der Waals surface area contributed by atoms with Gasteiger partial charge >= 0.3 is 11.9 Å². The number of nitro benzene ring substituents is 1. The zero-order valence-electron chi connectivity index (χ0n) is 17.1. The van der Waals surface area contributed by atoms with Crippen LogP contribution in [0.5, 0.6) is 0 Å². The zero-order valence-corrected chi connectivity index (χ0v) is 17.1. The van der Waals surface area contributed by atoms with Crippen LogP contribution in [0.25, 0.3) is 11.4 Å². The number of halogens is 3. The summed E-state index contributed by atoms with van der Waals surface area (Å²) in [7, 11) is 0. The fraction of sp³-hybridized carbons (Fsp3) is 0.286. The fourth-order valence-corrected chi connectivity index (χ4v) is 3.36. The highest BCUT2D eigenvalue weighted by atomic mass is 19.4. The molecule has 1 amide bonds. The third-order valence-electron chi connectivity index (χ3n) is 5.16. The van der Waals surface area contributed by atoms with E-state index in [1.165, 1.54) is 41.0 Å². The molecular weight excluding hydrogens is 443 g/mol. The molecule has 1 saturated carbocycles. The van der Waals surface area contributed by atoms with E-state index in [0.29, 0.717) is 11.4 Å². The Balaban J connectivity index is 1.50. The number of carbonyl (C=O) groups excluding carboxylic acids is 1. The molecular formula is C21H18F3N5O4. The van der Waals surface area contributed by atoms with Gasteiger partial charge in [0.05, 0.1) is 10.5 Å². The van der Waals surface area contributed by atoms with Gasteiger partial charge in [0.2, 0.25) is 5.91 Å². The largest absolute Gasteiger partial charge is 0.416 e. The Labute approximate surface area is 184 Å². The topological polar surface area (TPSA) is 112 Å². The second kappa shape index (κ2) is 8.52. The quantitative estimate of drug-likeness (QED) is 0.429. The predicted molar refractivity (Wildman–Crippen MR) is 110 cm³/mol. The maximum absolute atomic E-state index is 12.8. The van der Waals surface area contributed by atoms with Crippen molar-refractivity contribution in [2.45, 2.75) is 38.1 Å². The van der Waals surface area contributed by atoms with Gasteiger partial charge in [-0.25, -0.2) is 9.48 Å². The normalized spacial score (nSPS) is 13.7. The average Bonchev–Trinajstić information content (AvgIpc) is 3.56. The van der Waals surface area contributed by atoms with E-state index in [0.717, 1.165) is 29.7 Å². The second-order valence-corrected chi connectivity index (χ2v) is 7.64. The number of alkyl halides is 3. The smallest absolute Gasteiger partial charge is 0.350 e. The van der Waals surface area contributed by atoms with Crippen LogP contribution in [0.3, 0.4) is 0 Å². The maximum Gasteiger partial charge on any atom is 0.416 e. The molecule has 0 spiro atoms. The van der Waals surface area contributed by atoms with Crippen molar-refractivity contribution < 1.29 is 22.9 Å². The van der Waals surface area contributed by atoms with Crippen LogP contribution in [0.1, 0.15) is 30.0 Å². The van der Waals surface area contributed by atoms with Crippen LogP contribution in [0.2, 0.25) is 0 Å². The molecule has 0 unspecified atom stereocenters. The van der Waals surface area contributed by atoms with Gasteiger partial charge in [-0.15, -0.1) is 5.10 Å². The van der Waals surface area contributed by atoms with Crippen molar-refractivity contribution in [1.82, 2.24) is 19.7 Å².